The van der Waals surface area contributed by atoms with Crippen molar-refractivity contribution in [2.24, 2.45) is 0 Å². The molecule has 1 aliphatic heterocycles. The van der Waals surface area contributed by atoms with E-state index in [0.29, 0.717) is 23.9 Å². The number of ether oxygens (including phenoxy) is 1. The zero-order valence-electron chi connectivity index (χ0n) is 18.1. The maximum absolute atomic E-state index is 12.5. The number of morpholine rings is 1. The minimum absolute atomic E-state index is 0.0414. The quantitative estimate of drug-likeness (QED) is 0.590. The first-order valence-electron chi connectivity index (χ1n) is 10.7. The molecule has 1 N–H and O–H groups in total. The summed E-state index contributed by atoms with van der Waals surface area (Å²) in [5.74, 6) is 1.00. The van der Waals surface area contributed by atoms with E-state index in [9.17, 15) is 4.79 Å². The van der Waals surface area contributed by atoms with Gasteiger partial charge in [0.1, 0.15) is 0 Å². The van der Waals surface area contributed by atoms with Crippen molar-refractivity contribution >= 4 is 5.91 Å². The number of hydrogen-bond donors (Lipinski definition) is 1. The Hall–Kier alpha value is -3.03. The number of carbonyl (C=O) groups excluding carboxylic acids is 1. The first kappa shape index (κ1) is 21.2. The molecule has 2 heterocycles. The van der Waals surface area contributed by atoms with Gasteiger partial charge in [0.15, 0.2) is 0 Å². The fourth-order valence-electron chi connectivity index (χ4n) is 3.71. The first-order chi connectivity index (χ1) is 15.1. The van der Waals surface area contributed by atoms with Crippen molar-refractivity contribution in [3.8, 4) is 22.6 Å². The van der Waals surface area contributed by atoms with Crippen LogP contribution in [0.3, 0.4) is 0 Å². The van der Waals surface area contributed by atoms with Gasteiger partial charge in [-0.3, -0.25) is 9.69 Å². The molecule has 0 unspecified atom stereocenters. The summed E-state index contributed by atoms with van der Waals surface area (Å²) in [6, 6.07) is 13.8. The summed E-state index contributed by atoms with van der Waals surface area (Å²) >= 11 is 0. The van der Waals surface area contributed by atoms with Crippen molar-refractivity contribution in [1.29, 1.82) is 0 Å². The lowest BCUT2D eigenvalue weighted by atomic mass is 9.97. The van der Waals surface area contributed by atoms with Gasteiger partial charge in [-0.15, -0.1) is 10.2 Å². The smallest absolute Gasteiger partial charge is 0.251 e. The average Bonchev–Trinajstić information content (AvgIpc) is 3.24. The van der Waals surface area contributed by atoms with Gasteiger partial charge in [-0.05, 0) is 60.8 Å². The number of benzene rings is 2. The van der Waals surface area contributed by atoms with Crippen molar-refractivity contribution in [3.05, 3.63) is 59.5 Å². The summed E-state index contributed by atoms with van der Waals surface area (Å²) in [6.45, 7) is 9.04. The molecular weight excluding hydrogens is 392 g/mol. The number of amides is 1. The number of aryl methyl sites for hydroxylation is 2. The van der Waals surface area contributed by atoms with Crippen molar-refractivity contribution in [3.63, 3.8) is 0 Å². The molecule has 31 heavy (non-hydrogen) atoms. The topological polar surface area (TPSA) is 80.5 Å². The third-order valence-corrected chi connectivity index (χ3v) is 5.51. The van der Waals surface area contributed by atoms with Crippen LogP contribution in [0.1, 0.15) is 28.2 Å². The zero-order valence-corrected chi connectivity index (χ0v) is 18.1. The molecule has 3 aromatic rings. The predicted molar refractivity (Wildman–Crippen MR) is 119 cm³/mol. The van der Waals surface area contributed by atoms with Gasteiger partial charge >= 0.3 is 0 Å². The van der Waals surface area contributed by atoms with Crippen molar-refractivity contribution in [2.75, 3.05) is 39.4 Å². The van der Waals surface area contributed by atoms with Crippen molar-refractivity contribution in [1.82, 2.24) is 20.4 Å². The Morgan fingerprint density at radius 2 is 1.77 bits per heavy atom. The van der Waals surface area contributed by atoms with Crippen LogP contribution in [0.2, 0.25) is 0 Å². The Kier molecular flexibility index (Phi) is 6.74. The third-order valence-electron chi connectivity index (χ3n) is 5.51. The minimum atomic E-state index is -0.0414. The second-order valence-corrected chi connectivity index (χ2v) is 7.80. The Bertz CT molecular complexity index is 1020. The van der Waals surface area contributed by atoms with E-state index >= 15 is 0 Å². The first-order valence-corrected chi connectivity index (χ1v) is 10.7. The molecule has 162 valence electrons. The molecule has 0 bridgehead atoms. The second kappa shape index (κ2) is 9.85. The predicted octanol–water partition coefficient (Wildman–Crippen LogP) is 3.47. The normalized spacial score (nSPS) is 14.5. The zero-order chi connectivity index (χ0) is 21.6. The summed E-state index contributed by atoms with van der Waals surface area (Å²) in [5.41, 5.74) is 4.80. The summed E-state index contributed by atoms with van der Waals surface area (Å²) in [7, 11) is 0. The van der Waals surface area contributed by atoms with E-state index in [4.69, 9.17) is 9.15 Å². The number of nitrogens with zero attached hydrogens (tertiary/aromatic N) is 3. The fourth-order valence-corrected chi connectivity index (χ4v) is 3.71. The Morgan fingerprint density at radius 1 is 1.03 bits per heavy atom. The average molecular weight is 421 g/mol. The van der Waals surface area contributed by atoms with Gasteiger partial charge in [-0.25, -0.2) is 0 Å². The fraction of sp³-hybridized carbons (Fsp3) is 0.375. The number of rotatable bonds is 7. The van der Waals surface area contributed by atoms with Crippen LogP contribution in [0.4, 0.5) is 0 Å². The molecule has 1 fully saturated rings. The van der Waals surface area contributed by atoms with Crippen molar-refractivity contribution < 1.29 is 13.9 Å². The van der Waals surface area contributed by atoms with Crippen LogP contribution in [0.25, 0.3) is 22.6 Å². The van der Waals surface area contributed by atoms with Gasteiger partial charge < -0.3 is 14.5 Å². The highest BCUT2D eigenvalue weighted by atomic mass is 16.5. The number of nitrogens with one attached hydrogen (secondary N) is 1. The highest BCUT2D eigenvalue weighted by molar-refractivity contribution is 5.94. The maximum atomic E-state index is 12.5. The largest absolute Gasteiger partial charge is 0.421 e. The SMILES string of the molecule is Cc1nnc(-c2ccc(C)c(-c3ccc(C(=O)NCCCN4CCOCC4)cc3)c2)o1. The maximum Gasteiger partial charge on any atom is 0.251 e. The lowest BCUT2D eigenvalue weighted by Crippen LogP contribution is -2.38. The molecular formula is C24H28N4O3. The van der Waals surface area contributed by atoms with Crippen molar-refractivity contribution in [2.45, 2.75) is 20.3 Å². The van der Waals surface area contributed by atoms with E-state index < -0.39 is 0 Å². The Morgan fingerprint density at radius 3 is 2.48 bits per heavy atom. The van der Waals surface area contributed by atoms with Gasteiger partial charge in [0.2, 0.25) is 11.8 Å². The van der Waals surface area contributed by atoms with E-state index in [1.54, 1.807) is 6.92 Å². The molecule has 1 aromatic heterocycles. The van der Waals surface area contributed by atoms with E-state index in [1.807, 2.05) is 42.5 Å². The van der Waals surface area contributed by atoms with Crippen LogP contribution in [0.5, 0.6) is 0 Å². The van der Waals surface area contributed by atoms with E-state index in [1.165, 1.54) is 0 Å². The van der Waals surface area contributed by atoms with Gasteiger partial charge in [0.25, 0.3) is 5.91 Å². The molecule has 0 spiro atoms. The molecule has 1 aliphatic rings. The molecule has 0 radical (unpaired) electrons. The molecule has 0 aliphatic carbocycles. The standard InChI is InChI=1S/C24H28N4O3/c1-17-4-5-21(24-27-26-18(2)31-24)16-22(17)19-6-8-20(9-7-19)23(29)25-10-3-11-28-12-14-30-15-13-28/h4-9,16H,3,10-15H2,1-2H3,(H,25,29). The van der Waals surface area contributed by atoms with Gasteiger partial charge in [0.05, 0.1) is 13.2 Å². The van der Waals surface area contributed by atoms with Gasteiger partial charge in [0, 0.05) is 37.7 Å². The molecule has 1 amide bonds. The number of hydrogen-bond acceptors (Lipinski definition) is 6. The highest BCUT2D eigenvalue weighted by Gasteiger charge is 2.12. The van der Waals surface area contributed by atoms with E-state index in [2.05, 4.69) is 27.3 Å². The lowest BCUT2D eigenvalue weighted by molar-refractivity contribution is 0.0374. The third kappa shape index (κ3) is 5.37. The van der Waals surface area contributed by atoms with Crippen LogP contribution >= 0.6 is 0 Å². The summed E-state index contributed by atoms with van der Waals surface area (Å²) < 4.78 is 10.9. The lowest BCUT2D eigenvalue weighted by Gasteiger charge is -2.26. The van der Waals surface area contributed by atoms with Crippen LogP contribution in [-0.2, 0) is 4.74 Å². The molecule has 0 atom stereocenters. The van der Waals surface area contributed by atoms with E-state index in [-0.39, 0.29) is 5.91 Å². The van der Waals surface area contributed by atoms with Crippen LogP contribution in [-0.4, -0.2) is 60.4 Å². The number of aromatic nitrogens is 2. The molecule has 4 rings (SSSR count). The highest BCUT2D eigenvalue weighted by Crippen LogP contribution is 2.29. The Balaban J connectivity index is 1.37. The van der Waals surface area contributed by atoms with Crippen LogP contribution < -0.4 is 5.32 Å². The summed E-state index contributed by atoms with van der Waals surface area (Å²) in [5, 5.41) is 11.0. The molecule has 2 aromatic carbocycles. The minimum Gasteiger partial charge on any atom is -0.421 e. The molecule has 0 saturated carbocycles. The Labute approximate surface area is 182 Å². The molecule has 1 saturated heterocycles. The second-order valence-electron chi connectivity index (χ2n) is 7.80. The van der Waals surface area contributed by atoms with Crippen LogP contribution in [0, 0.1) is 13.8 Å². The molecule has 7 nitrogen and oxygen atoms in total. The number of carbonyl (C=O) groups is 1. The monoisotopic (exact) mass is 420 g/mol. The van der Waals surface area contributed by atoms with E-state index in [0.717, 1.165) is 61.5 Å². The van der Waals surface area contributed by atoms with Gasteiger partial charge in [-0.1, -0.05) is 18.2 Å². The van der Waals surface area contributed by atoms with Gasteiger partial charge in [-0.2, -0.15) is 0 Å². The van der Waals surface area contributed by atoms with Crippen LogP contribution in [0.15, 0.2) is 46.9 Å². The summed E-state index contributed by atoms with van der Waals surface area (Å²) in [4.78, 5) is 14.9. The summed E-state index contributed by atoms with van der Waals surface area (Å²) in [6.07, 6.45) is 0.935. The molecule has 7 heteroatoms.